The second-order valence-electron chi connectivity index (χ2n) is 4.72. The summed E-state index contributed by atoms with van der Waals surface area (Å²) in [6.45, 7) is 1.86. The van der Waals surface area contributed by atoms with E-state index in [1.54, 1.807) is 0 Å². The third-order valence-corrected chi connectivity index (χ3v) is 3.67. The van der Waals surface area contributed by atoms with E-state index in [1.165, 1.54) is 11.1 Å². The Bertz CT molecular complexity index is 779. The molecule has 94 valence electrons. The molecule has 0 bridgehead atoms. The Hall–Kier alpha value is -1.84. The second kappa shape index (κ2) is 4.08. The monoisotopic (exact) mass is 270 g/mol. The molecular weight excluding hydrogens is 260 g/mol. The summed E-state index contributed by atoms with van der Waals surface area (Å²) in [5.41, 5.74) is 5.23. The lowest BCUT2D eigenvalue weighted by Crippen LogP contribution is -1.99. The van der Waals surface area contributed by atoms with Gasteiger partial charge in [-0.25, -0.2) is 4.98 Å². The van der Waals surface area contributed by atoms with Gasteiger partial charge in [-0.1, -0.05) is 17.7 Å². The molecular formula is C15H11ClN2O. The number of fused-ring (bicyclic) bond motifs is 2. The van der Waals surface area contributed by atoms with Gasteiger partial charge in [-0.05, 0) is 41.5 Å². The molecule has 0 amide bonds. The van der Waals surface area contributed by atoms with Crippen LogP contribution < -0.4 is 5.32 Å². The highest BCUT2D eigenvalue weighted by Crippen LogP contribution is 2.28. The quantitative estimate of drug-likeness (QED) is 0.732. The maximum absolute atomic E-state index is 5.96. The molecule has 0 unspecified atom stereocenters. The number of nitrogens with zero attached hydrogens (tertiary/aromatic N) is 1. The SMILES string of the molecule is Clc1ccc2oc(-c3ccc4c(c3)CNC4)nc2c1. The van der Waals surface area contributed by atoms with Crippen LogP contribution in [0.4, 0.5) is 0 Å². The van der Waals surface area contributed by atoms with E-state index in [0.717, 1.165) is 29.8 Å². The van der Waals surface area contributed by atoms with Crippen LogP contribution in [-0.2, 0) is 13.1 Å². The molecule has 4 heteroatoms. The largest absolute Gasteiger partial charge is 0.436 e. The Morgan fingerprint density at radius 1 is 1.05 bits per heavy atom. The number of benzene rings is 2. The van der Waals surface area contributed by atoms with Gasteiger partial charge in [-0.3, -0.25) is 0 Å². The molecule has 0 aliphatic carbocycles. The molecule has 3 aromatic rings. The molecule has 1 aliphatic rings. The zero-order valence-corrected chi connectivity index (χ0v) is 10.9. The number of rotatable bonds is 1. The maximum Gasteiger partial charge on any atom is 0.227 e. The Kier molecular flexibility index (Phi) is 2.37. The van der Waals surface area contributed by atoms with E-state index in [0.29, 0.717) is 10.9 Å². The summed E-state index contributed by atoms with van der Waals surface area (Å²) in [5.74, 6) is 0.645. The van der Waals surface area contributed by atoms with Crippen molar-refractivity contribution in [2.24, 2.45) is 0 Å². The molecule has 1 N–H and O–H groups in total. The molecule has 2 aromatic carbocycles. The molecule has 0 saturated carbocycles. The number of halogens is 1. The molecule has 0 fully saturated rings. The Morgan fingerprint density at radius 3 is 2.89 bits per heavy atom. The van der Waals surface area contributed by atoms with Crippen molar-refractivity contribution in [1.29, 1.82) is 0 Å². The van der Waals surface area contributed by atoms with Gasteiger partial charge in [0.2, 0.25) is 5.89 Å². The lowest BCUT2D eigenvalue weighted by atomic mass is 10.1. The summed E-state index contributed by atoms with van der Waals surface area (Å²) in [4.78, 5) is 4.50. The van der Waals surface area contributed by atoms with E-state index in [4.69, 9.17) is 16.0 Å². The van der Waals surface area contributed by atoms with Gasteiger partial charge >= 0.3 is 0 Å². The molecule has 0 radical (unpaired) electrons. The average molecular weight is 271 g/mol. The van der Waals surface area contributed by atoms with E-state index in [9.17, 15) is 0 Å². The first kappa shape index (κ1) is 11.0. The van der Waals surface area contributed by atoms with Crippen LogP contribution in [0, 0.1) is 0 Å². The van der Waals surface area contributed by atoms with E-state index in [1.807, 2.05) is 18.2 Å². The summed E-state index contributed by atoms with van der Waals surface area (Å²) >= 11 is 5.96. The minimum Gasteiger partial charge on any atom is -0.436 e. The lowest BCUT2D eigenvalue weighted by Gasteiger charge is -1.99. The van der Waals surface area contributed by atoms with E-state index < -0.39 is 0 Å². The first-order chi connectivity index (χ1) is 9.29. The molecule has 0 saturated heterocycles. The minimum atomic E-state index is 0.645. The number of oxazole rings is 1. The predicted octanol–water partition coefficient (Wildman–Crippen LogP) is 3.75. The van der Waals surface area contributed by atoms with Crippen LogP contribution >= 0.6 is 11.6 Å². The molecule has 2 heterocycles. The normalized spacial score (nSPS) is 13.9. The summed E-state index contributed by atoms with van der Waals surface area (Å²) < 4.78 is 5.78. The summed E-state index contributed by atoms with van der Waals surface area (Å²) in [7, 11) is 0. The van der Waals surface area contributed by atoms with Crippen LogP contribution in [0.2, 0.25) is 5.02 Å². The highest BCUT2D eigenvalue weighted by atomic mass is 35.5. The highest BCUT2D eigenvalue weighted by Gasteiger charge is 2.14. The first-order valence-corrected chi connectivity index (χ1v) is 6.56. The molecule has 19 heavy (non-hydrogen) atoms. The van der Waals surface area contributed by atoms with Crippen molar-refractivity contribution in [2.75, 3.05) is 0 Å². The van der Waals surface area contributed by atoms with Crippen LogP contribution in [-0.4, -0.2) is 4.98 Å². The van der Waals surface area contributed by atoms with Gasteiger partial charge in [-0.15, -0.1) is 0 Å². The Balaban J connectivity index is 1.85. The highest BCUT2D eigenvalue weighted by molar-refractivity contribution is 6.31. The van der Waals surface area contributed by atoms with Gasteiger partial charge in [0.15, 0.2) is 5.58 Å². The van der Waals surface area contributed by atoms with E-state index in [-0.39, 0.29) is 0 Å². The van der Waals surface area contributed by atoms with Crippen molar-refractivity contribution in [3.8, 4) is 11.5 Å². The average Bonchev–Trinajstić information content (AvgIpc) is 3.02. The number of hydrogen-bond donors (Lipinski definition) is 1. The van der Waals surface area contributed by atoms with Crippen molar-refractivity contribution in [3.05, 3.63) is 52.5 Å². The van der Waals surface area contributed by atoms with E-state index >= 15 is 0 Å². The van der Waals surface area contributed by atoms with Crippen molar-refractivity contribution >= 4 is 22.7 Å². The number of nitrogens with one attached hydrogen (secondary N) is 1. The Morgan fingerprint density at radius 2 is 1.95 bits per heavy atom. The fraction of sp³-hybridized carbons (Fsp3) is 0.133. The standard InChI is InChI=1S/C15H11ClN2O/c16-12-3-4-14-13(6-12)18-15(19-14)9-1-2-10-7-17-8-11(10)5-9/h1-6,17H,7-8H2. The van der Waals surface area contributed by atoms with Crippen LogP contribution in [0.3, 0.4) is 0 Å². The molecule has 4 rings (SSSR count). The first-order valence-electron chi connectivity index (χ1n) is 6.18. The molecule has 0 atom stereocenters. The van der Waals surface area contributed by atoms with Crippen molar-refractivity contribution in [3.63, 3.8) is 0 Å². The lowest BCUT2D eigenvalue weighted by molar-refractivity contribution is 0.619. The van der Waals surface area contributed by atoms with E-state index in [2.05, 4.69) is 28.5 Å². The summed E-state index contributed by atoms with van der Waals surface area (Å²) in [6, 6.07) is 11.8. The predicted molar refractivity (Wildman–Crippen MR) is 75.0 cm³/mol. The van der Waals surface area contributed by atoms with Crippen molar-refractivity contribution in [1.82, 2.24) is 10.3 Å². The zero-order chi connectivity index (χ0) is 12.8. The smallest absolute Gasteiger partial charge is 0.227 e. The molecule has 0 spiro atoms. The topological polar surface area (TPSA) is 38.1 Å². The minimum absolute atomic E-state index is 0.645. The van der Waals surface area contributed by atoms with Gasteiger partial charge in [-0.2, -0.15) is 0 Å². The van der Waals surface area contributed by atoms with Gasteiger partial charge in [0, 0.05) is 23.7 Å². The van der Waals surface area contributed by atoms with Gasteiger partial charge in [0.05, 0.1) is 0 Å². The summed E-state index contributed by atoms with van der Waals surface area (Å²) in [6.07, 6.45) is 0. The van der Waals surface area contributed by atoms with Gasteiger partial charge in [0.1, 0.15) is 5.52 Å². The number of aromatic nitrogens is 1. The van der Waals surface area contributed by atoms with Crippen molar-refractivity contribution in [2.45, 2.75) is 13.1 Å². The molecule has 3 nitrogen and oxygen atoms in total. The fourth-order valence-corrected chi connectivity index (χ4v) is 2.62. The van der Waals surface area contributed by atoms with Crippen LogP contribution in [0.25, 0.3) is 22.6 Å². The number of hydrogen-bond acceptors (Lipinski definition) is 3. The fourth-order valence-electron chi connectivity index (χ4n) is 2.45. The van der Waals surface area contributed by atoms with Gasteiger partial charge in [0.25, 0.3) is 0 Å². The van der Waals surface area contributed by atoms with Gasteiger partial charge < -0.3 is 9.73 Å². The molecule has 1 aliphatic heterocycles. The van der Waals surface area contributed by atoms with Crippen LogP contribution in [0.5, 0.6) is 0 Å². The maximum atomic E-state index is 5.96. The third-order valence-electron chi connectivity index (χ3n) is 3.43. The Labute approximate surface area is 115 Å². The third kappa shape index (κ3) is 1.82. The van der Waals surface area contributed by atoms with Crippen molar-refractivity contribution < 1.29 is 4.42 Å². The zero-order valence-electron chi connectivity index (χ0n) is 10.1. The van der Waals surface area contributed by atoms with Crippen LogP contribution in [0.1, 0.15) is 11.1 Å². The second-order valence-corrected chi connectivity index (χ2v) is 5.15. The molecule has 1 aromatic heterocycles. The van der Waals surface area contributed by atoms with Crippen LogP contribution in [0.15, 0.2) is 40.8 Å². The summed E-state index contributed by atoms with van der Waals surface area (Å²) in [5, 5.41) is 4.00.